The molecule has 0 atom stereocenters. The van der Waals surface area contributed by atoms with Crippen molar-refractivity contribution in [3.05, 3.63) is 42.5 Å². The number of anilines is 1. The van der Waals surface area contributed by atoms with Crippen molar-refractivity contribution in [3.8, 4) is 0 Å². The quantitative estimate of drug-likeness (QED) is 0.875. The van der Waals surface area contributed by atoms with Gasteiger partial charge < -0.3 is 10.6 Å². The SMILES string of the molecule is CNC1CCC(CNc2ccc3ccccc3c2)CC1. The molecule has 0 aliphatic heterocycles. The Hall–Kier alpha value is -1.54. The average Bonchev–Trinajstić information content (AvgIpc) is 2.53. The first-order valence-electron chi connectivity index (χ1n) is 7.75. The van der Waals surface area contributed by atoms with Crippen molar-refractivity contribution in [2.75, 3.05) is 18.9 Å². The van der Waals surface area contributed by atoms with Crippen molar-refractivity contribution in [1.82, 2.24) is 5.32 Å². The van der Waals surface area contributed by atoms with Crippen LogP contribution in [0.25, 0.3) is 10.8 Å². The van der Waals surface area contributed by atoms with E-state index in [1.807, 2.05) is 0 Å². The maximum absolute atomic E-state index is 3.62. The lowest BCUT2D eigenvalue weighted by atomic mass is 9.86. The third-order valence-electron chi connectivity index (χ3n) is 4.60. The molecule has 0 radical (unpaired) electrons. The van der Waals surface area contributed by atoms with E-state index in [1.165, 1.54) is 42.1 Å². The van der Waals surface area contributed by atoms with Crippen molar-refractivity contribution < 1.29 is 0 Å². The Morgan fingerprint density at radius 3 is 2.45 bits per heavy atom. The first-order valence-corrected chi connectivity index (χ1v) is 7.75. The number of hydrogen-bond acceptors (Lipinski definition) is 2. The fourth-order valence-electron chi connectivity index (χ4n) is 3.22. The van der Waals surface area contributed by atoms with Gasteiger partial charge in [-0.05, 0) is 61.6 Å². The summed E-state index contributed by atoms with van der Waals surface area (Å²) in [6.45, 7) is 1.11. The van der Waals surface area contributed by atoms with Crippen molar-refractivity contribution in [3.63, 3.8) is 0 Å². The monoisotopic (exact) mass is 268 g/mol. The van der Waals surface area contributed by atoms with Crippen molar-refractivity contribution in [1.29, 1.82) is 0 Å². The third-order valence-corrected chi connectivity index (χ3v) is 4.60. The molecular formula is C18H24N2. The molecule has 1 aliphatic rings. The molecule has 106 valence electrons. The molecule has 1 saturated carbocycles. The van der Waals surface area contributed by atoms with Gasteiger partial charge in [0.2, 0.25) is 0 Å². The van der Waals surface area contributed by atoms with Crippen LogP contribution in [0.5, 0.6) is 0 Å². The fourth-order valence-corrected chi connectivity index (χ4v) is 3.22. The predicted octanol–water partition coefficient (Wildman–Crippen LogP) is 4.03. The van der Waals surface area contributed by atoms with Crippen LogP contribution in [-0.2, 0) is 0 Å². The molecule has 2 nitrogen and oxygen atoms in total. The number of hydrogen-bond donors (Lipinski definition) is 2. The van der Waals surface area contributed by atoms with Crippen LogP contribution in [0.2, 0.25) is 0 Å². The highest BCUT2D eigenvalue weighted by molar-refractivity contribution is 5.85. The van der Waals surface area contributed by atoms with Crippen molar-refractivity contribution in [2.45, 2.75) is 31.7 Å². The molecule has 0 saturated heterocycles. The maximum Gasteiger partial charge on any atom is 0.0346 e. The van der Waals surface area contributed by atoms with Crippen LogP contribution in [0, 0.1) is 5.92 Å². The van der Waals surface area contributed by atoms with Crippen LogP contribution in [0.4, 0.5) is 5.69 Å². The summed E-state index contributed by atoms with van der Waals surface area (Å²) in [5.41, 5.74) is 1.25. The zero-order valence-electron chi connectivity index (χ0n) is 12.2. The van der Waals surface area contributed by atoms with Gasteiger partial charge in [-0.3, -0.25) is 0 Å². The molecule has 0 aromatic heterocycles. The maximum atomic E-state index is 3.62. The number of benzene rings is 2. The molecule has 2 aromatic rings. The van der Waals surface area contributed by atoms with Crippen LogP contribution in [0.15, 0.2) is 42.5 Å². The lowest BCUT2D eigenvalue weighted by Crippen LogP contribution is -2.32. The summed E-state index contributed by atoms with van der Waals surface area (Å²) in [4.78, 5) is 0. The molecule has 2 aromatic carbocycles. The normalized spacial score (nSPS) is 22.9. The Morgan fingerprint density at radius 1 is 0.950 bits per heavy atom. The van der Waals surface area contributed by atoms with Crippen LogP contribution in [-0.4, -0.2) is 19.6 Å². The molecule has 0 spiro atoms. The van der Waals surface area contributed by atoms with Crippen molar-refractivity contribution in [2.24, 2.45) is 5.92 Å². The molecule has 1 fully saturated rings. The summed E-state index contributed by atoms with van der Waals surface area (Å²) in [6, 6.07) is 15.9. The molecule has 0 unspecified atom stereocenters. The second-order valence-corrected chi connectivity index (χ2v) is 5.95. The van der Waals surface area contributed by atoms with Gasteiger partial charge in [-0.15, -0.1) is 0 Å². The summed E-state index contributed by atoms with van der Waals surface area (Å²) in [6.07, 6.45) is 5.32. The summed E-state index contributed by atoms with van der Waals surface area (Å²) < 4.78 is 0. The minimum absolute atomic E-state index is 0.743. The Bertz CT molecular complexity index is 556. The minimum atomic E-state index is 0.743. The minimum Gasteiger partial charge on any atom is -0.385 e. The smallest absolute Gasteiger partial charge is 0.0346 e. The zero-order valence-corrected chi connectivity index (χ0v) is 12.2. The van der Waals surface area contributed by atoms with Gasteiger partial charge in [0.05, 0.1) is 0 Å². The summed E-state index contributed by atoms with van der Waals surface area (Å²) in [5.74, 6) is 0.825. The van der Waals surface area contributed by atoms with E-state index in [0.29, 0.717) is 0 Å². The van der Waals surface area contributed by atoms with E-state index in [1.54, 1.807) is 0 Å². The van der Waals surface area contributed by atoms with Gasteiger partial charge >= 0.3 is 0 Å². The first-order chi connectivity index (χ1) is 9.85. The summed E-state index contributed by atoms with van der Waals surface area (Å²) in [7, 11) is 2.08. The summed E-state index contributed by atoms with van der Waals surface area (Å²) >= 11 is 0. The van der Waals surface area contributed by atoms with E-state index in [4.69, 9.17) is 0 Å². The topological polar surface area (TPSA) is 24.1 Å². The Morgan fingerprint density at radius 2 is 1.70 bits per heavy atom. The summed E-state index contributed by atoms with van der Waals surface area (Å²) in [5, 5.41) is 9.65. The molecule has 1 aliphatic carbocycles. The van der Waals surface area contributed by atoms with E-state index < -0.39 is 0 Å². The van der Waals surface area contributed by atoms with E-state index in [0.717, 1.165) is 18.5 Å². The molecule has 20 heavy (non-hydrogen) atoms. The second-order valence-electron chi connectivity index (χ2n) is 5.95. The van der Waals surface area contributed by atoms with Gasteiger partial charge in [0.25, 0.3) is 0 Å². The highest BCUT2D eigenvalue weighted by Gasteiger charge is 2.19. The molecule has 0 bridgehead atoms. The van der Waals surface area contributed by atoms with Gasteiger partial charge in [0.1, 0.15) is 0 Å². The van der Waals surface area contributed by atoms with Gasteiger partial charge in [-0.2, -0.15) is 0 Å². The average molecular weight is 268 g/mol. The Labute approximate surface area is 121 Å². The number of fused-ring (bicyclic) bond motifs is 1. The van der Waals surface area contributed by atoms with Gasteiger partial charge in [0.15, 0.2) is 0 Å². The van der Waals surface area contributed by atoms with Crippen LogP contribution in [0.3, 0.4) is 0 Å². The van der Waals surface area contributed by atoms with Crippen LogP contribution < -0.4 is 10.6 Å². The molecular weight excluding hydrogens is 244 g/mol. The van der Waals surface area contributed by atoms with E-state index in [9.17, 15) is 0 Å². The van der Waals surface area contributed by atoms with Gasteiger partial charge in [-0.1, -0.05) is 30.3 Å². The van der Waals surface area contributed by atoms with Crippen LogP contribution >= 0.6 is 0 Å². The third kappa shape index (κ3) is 3.13. The molecule has 0 amide bonds. The standard InChI is InChI=1S/C18H24N2/c1-19-17-9-6-14(7-10-17)13-20-18-11-8-15-4-2-3-5-16(15)12-18/h2-5,8,11-12,14,17,19-20H,6-7,9-10,13H2,1H3. The highest BCUT2D eigenvalue weighted by atomic mass is 14.9. The molecule has 3 rings (SSSR count). The van der Waals surface area contributed by atoms with Gasteiger partial charge in [-0.25, -0.2) is 0 Å². The second kappa shape index (κ2) is 6.27. The molecule has 2 N–H and O–H groups in total. The number of rotatable bonds is 4. The lowest BCUT2D eigenvalue weighted by Gasteiger charge is -2.28. The van der Waals surface area contributed by atoms with E-state index in [-0.39, 0.29) is 0 Å². The Kier molecular flexibility index (Phi) is 4.22. The fraction of sp³-hybridized carbons (Fsp3) is 0.444. The predicted molar refractivity (Wildman–Crippen MR) is 87.2 cm³/mol. The van der Waals surface area contributed by atoms with Crippen molar-refractivity contribution >= 4 is 16.5 Å². The van der Waals surface area contributed by atoms with Crippen LogP contribution in [0.1, 0.15) is 25.7 Å². The molecule has 0 heterocycles. The van der Waals surface area contributed by atoms with E-state index in [2.05, 4.69) is 60.1 Å². The lowest BCUT2D eigenvalue weighted by molar-refractivity contribution is 0.312. The van der Waals surface area contributed by atoms with Gasteiger partial charge in [0, 0.05) is 18.3 Å². The molecule has 2 heteroatoms. The zero-order chi connectivity index (χ0) is 13.8. The Balaban J connectivity index is 1.57. The van der Waals surface area contributed by atoms with E-state index >= 15 is 0 Å². The highest BCUT2D eigenvalue weighted by Crippen LogP contribution is 2.25. The number of nitrogens with one attached hydrogen (secondary N) is 2. The largest absolute Gasteiger partial charge is 0.385 e. The first kappa shape index (κ1) is 13.4.